The Morgan fingerprint density at radius 2 is 1.80 bits per heavy atom. The Kier molecular flexibility index (Phi) is 4.35. The van der Waals surface area contributed by atoms with E-state index in [1.54, 1.807) is 18.2 Å². The van der Waals surface area contributed by atoms with Crippen molar-refractivity contribution in [1.29, 1.82) is 0 Å². The fourth-order valence-electron chi connectivity index (χ4n) is 1.65. The Morgan fingerprint density at radius 1 is 1.10 bits per heavy atom. The molecule has 0 heterocycles. The molecule has 5 heteroatoms. The van der Waals surface area contributed by atoms with E-state index in [9.17, 15) is 4.39 Å². The van der Waals surface area contributed by atoms with Crippen molar-refractivity contribution >= 4 is 17.3 Å². The number of ether oxygens (including phenoxy) is 2. The summed E-state index contributed by atoms with van der Waals surface area (Å²) >= 11 is 5.92. The lowest BCUT2D eigenvalue weighted by atomic mass is 10.2. The van der Waals surface area contributed by atoms with Crippen LogP contribution < -0.4 is 15.2 Å². The first-order valence-corrected chi connectivity index (χ1v) is 6.53. The molecule has 2 N–H and O–H groups in total. The molecule has 0 fully saturated rings. The van der Waals surface area contributed by atoms with Gasteiger partial charge in [-0.1, -0.05) is 17.7 Å². The average molecular weight is 296 g/mol. The number of hydrogen-bond donors (Lipinski definition) is 1. The van der Waals surface area contributed by atoms with Crippen LogP contribution in [0.4, 0.5) is 10.1 Å². The first kappa shape index (κ1) is 14.5. The molecule has 0 amide bonds. The largest absolute Gasteiger partial charge is 0.489 e. The third-order valence-corrected chi connectivity index (χ3v) is 2.80. The number of para-hydroxylation sites is 1. The number of rotatable bonds is 4. The predicted molar refractivity (Wildman–Crippen MR) is 78.1 cm³/mol. The molecule has 20 heavy (non-hydrogen) atoms. The second-order valence-corrected chi connectivity index (χ2v) is 4.92. The predicted octanol–water partition coefficient (Wildman–Crippen LogP) is 4.64. The maximum absolute atomic E-state index is 13.0. The van der Waals surface area contributed by atoms with Crippen molar-refractivity contribution < 1.29 is 13.9 Å². The van der Waals surface area contributed by atoms with E-state index in [0.717, 1.165) is 0 Å². The number of halogens is 2. The van der Waals surface area contributed by atoms with Crippen LogP contribution in [0.25, 0.3) is 0 Å². The minimum Gasteiger partial charge on any atom is -0.489 e. The summed E-state index contributed by atoms with van der Waals surface area (Å²) in [4.78, 5) is 0. The molecule has 0 spiro atoms. The van der Waals surface area contributed by atoms with Crippen molar-refractivity contribution in [2.75, 3.05) is 5.73 Å². The molecule has 106 valence electrons. The van der Waals surface area contributed by atoms with Crippen LogP contribution in [0.2, 0.25) is 5.02 Å². The first-order chi connectivity index (χ1) is 9.47. The summed E-state index contributed by atoms with van der Waals surface area (Å²) in [5.74, 6) is 0.862. The van der Waals surface area contributed by atoms with Crippen molar-refractivity contribution in [2.45, 2.75) is 20.0 Å². The molecule has 0 bridgehead atoms. The van der Waals surface area contributed by atoms with E-state index >= 15 is 0 Å². The molecule has 0 saturated heterocycles. The third kappa shape index (κ3) is 3.33. The zero-order valence-electron chi connectivity index (χ0n) is 11.2. The minimum atomic E-state index is -0.424. The van der Waals surface area contributed by atoms with Gasteiger partial charge in [-0.15, -0.1) is 0 Å². The Labute approximate surface area is 122 Å². The van der Waals surface area contributed by atoms with E-state index in [2.05, 4.69) is 0 Å². The van der Waals surface area contributed by atoms with Crippen LogP contribution in [-0.4, -0.2) is 6.10 Å². The van der Waals surface area contributed by atoms with E-state index in [1.807, 2.05) is 13.8 Å². The van der Waals surface area contributed by atoms with Gasteiger partial charge >= 0.3 is 0 Å². The van der Waals surface area contributed by atoms with Gasteiger partial charge in [0.2, 0.25) is 0 Å². The van der Waals surface area contributed by atoms with Crippen LogP contribution >= 0.6 is 11.6 Å². The molecular formula is C15H15ClFNO2. The van der Waals surface area contributed by atoms with Gasteiger partial charge in [-0.25, -0.2) is 4.39 Å². The number of nitrogen functional groups attached to an aromatic ring is 1. The molecule has 0 saturated carbocycles. The SMILES string of the molecule is CC(C)Oc1cccc(Oc2ccc(F)cc2Cl)c1N. The summed E-state index contributed by atoms with van der Waals surface area (Å²) in [6.07, 6.45) is 0.00181. The summed E-state index contributed by atoms with van der Waals surface area (Å²) in [5.41, 5.74) is 6.37. The molecule has 0 aromatic heterocycles. The van der Waals surface area contributed by atoms with Crippen LogP contribution in [0.5, 0.6) is 17.2 Å². The lowest BCUT2D eigenvalue weighted by molar-refractivity contribution is 0.243. The summed E-state index contributed by atoms with van der Waals surface area (Å²) in [6.45, 7) is 3.81. The molecule has 2 aromatic carbocycles. The molecule has 2 aromatic rings. The zero-order chi connectivity index (χ0) is 14.7. The van der Waals surface area contributed by atoms with Crippen molar-refractivity contribution in [3.63, 3.8) is 0 Å². The number of hydrogen-bond acceptors (Lipinski definition) is 3. The molecule has 0 radical (unpaired) electrons. The zero-order valence-corrected chi connectivity index (χ0v) is 11.9. The van der Waals surface area contributed by atoms with Crippen LogP contribution in [0.3, 0.4) is 0 Å². The van der Waals surface area contributed by atoms with E-state index < -0.39 is 5.82 Å². The highest BCUT2D eigenvalue weighted by molar-refractivity contribution is 6.32. The molecule has 0 atom stereocenters. The van der Waals surface area contributed by atoms with E-state index in [1.165, 1.54) is 18.2 Å². The van der Waals surface area contributed by atoms with E-state index in [0.29, 0.717) is 22.9 Å². The highest BCUT2D eigenvalue weighted by atomic mass is 35.5. The Balaban J connectivity index is 2.29. The van der Waals surface area contributed by atoms with E-state index in [4.69, 9.17) is 26.8 Å². The molecule has 2 rings (SSSR count). The van der Waals surface area contributed by atoms with Gasteiger partial charge in [0.25, 0.3) is 0 Å². The van der Waals surface area contributed by atoms with Gasteiger partial charge in [0, 0.05) is 0 Å². The van der Waals surface area contributed by atoms with Crippen LogP contribution in [0, 0.1) is 5.82 Å². The Hall–Kier alpha value is -1.94. The van der Waals surface area contributed by atoms with Gasteiger partial charge < -0.3 is 15.2 Å². The first-order valence-electron chi connectivity index (χ1n) is 6.15. The molecule has 0 aliphatic heterocycles. The van der Waals surface area contributed by atoms with Crippen LogP contribution in [-0.2, 0) is 0 Å². The summed E-state index contributed by atoms with van der Waals surface area (Å²) in [7, 11) is 0. The van der Waals surface area contributed by atoms with Gasteiger partial charge in [-0.3, -0.25) is 0 Å². The van der Waals surface area contributed by atoms with Crippen LogP contribution in [0.15, 0.2) is 36.4 Å². The maximum Gasteiger partial charge on any atom is 0.154 e. The molecule has 0 aliphatic carbocycles. The second kappa shape index (κ2) is 6.01. The highest BCUT2D eigenvalue weighted by Gasteiger charge is 2.11. The van der Waals surface area contributed by atoms with Crippen molar-refractivity contribution in [3.8, 4) is 17.2 Å². The standard InChI is InChI=1S/C15H15ClFNO2/c1-9(2)19-13-4-3-5-14(15(13)18)20-12-7-6-10(17)8-11(12)16/h3-9H,18H2,1-2H3. The second-order valence-electron chi connectivity index (χ2n) is 4.51. The fourth-order valence-corrected chi connectivity index (χ4v) is 1.85. The van der Waals surface area contributed by atoms with Gasteiger partial charge in [0.15, 0.2) is 5.75 Å². The van der Waals surface area contributed by atoms with Crippen molar-refractivity contribution in [1.82, 2.24) is 0 Å². The Morgan fingerprint density at radius 3 is 2.45 bits per heavy atom. The van der Waals surface area contributed by atoms with E-state index in [-0.39, 0.29) is 11.1 Å². The lowest BCUT2D eigenvalue weighted by Crippen LogP contribution is -2.07. The molecule has 3 nitrogen and oxygen atoms in total. The smallest absolute Gasteiger partial charge is 0.154 e. The number of benzene rings is 2. The Bertz CT molecular complexity index is 617. The molecule has 0 aliphatic rings. The summed E-state index contributed by atoms with van der Waals surface area (Å²) in [6, 6.07) is 9.12. The van der Waals surface area contributed by atoms with Crippen LogP contribution in [0.1, 0.15) is 13.8 Å². The average Bonchev–Trinajstić information content (AvgIpc) is 2.36. The third-order valence-electron chi connectivity index (χ3n) is 2.50. The summed E-state index contributed by atoms with van der Waals surface area (Å²) < 4.78 is 24.2. The fraction of sp³-hybridized carbons (Fsp3) is 0.200. The molecular weight excluding hydrogens is 281 g/mol. The van der Waals surface area contributed by atoms with Gasteiger partial charge in [-0.2, -0.15) is 0 Å². The quantitative estimate of drug-likeness (QED) is 0.836. The number of nitrogens with two attached hydrogens (primary N) is 1. The normalized spacial score (nSPS) is 10.7. The topological polar surface area (TPSA) is 44.5 Å². The van der Waals surface area contributed by atoms with Crippen molar-refractivity contribution in [2.24, 2.45) is 0 Å². The number of anilines is 1. The maximum atomic E-state index is 13.0. The highest BCUT2D eigenvalue weighted by Crippen LogP contribution is 2.37. The van der Waals surface area contributed by atoms with Crippen molar-refractivity contribution in [3.05, 3.63) is 47.2 Å². The lowest BCUT2D eigenvalue weighted by Gasteiger charge is -2.15. The minimum absolute atomic E-state index is 0.00181. The summed E-state index contributed by atoms with van der Waals surface area (Å²) in [5, 5.41) is 0.180. The van der Waals surface area contributed by atoms with Gasteiger partial charge in [-0.05, 0) is 44.2 Å². The van der Waals surface area contributed by atoms with Gasteiger partial charge in [0.1, 0.15) is 23.0 Å². The van der Waals surface area contributed by atoms with Gasteiger partial charge in [0.05, 0.1) is 11.1 Å². The monoisotopic (exact) mass is 295 g/mol. The molecule has 0 unspecified atom stereocenters.